The van der Waals surface area contributed by atoms with Crippen LogP contribution in [0.25, 0.3) is 0 Å². The van der Waals surface area contributed by atoms with Gasteiger partial charge in [-0.1, -0.05) is 19.9 Å². The van der Waals surface area contributed by atoms with E-state index in [1.54, 1.807) is 14.2 Å². The standard InChI is InChI=1S/C18H32N4O2/c1-5-12-22(6-2)13-11-21-18(19)20-10-9-15-7-8-16(23-3)17(14-15)24-4/h7-8,14H,5-6,9-13H2,1-4H3,(H3,19,20,21). The summed E-state index contributed by atoms with van der Waals surface area (Å²) < 4.78 is 10.6. The van der Waals surface area contributed by atoms with Gasteiger partial charge in [0.05, 0.1) is 20.8 Å². The van der Waals surface area contributed by atoms with Crippen molar-refractivity contribution in [3.8, 4) is 11.5 Å². The minimum atomic E-state index is 0.503. The van der Waals surface area contributed by atoms with E-state index in [-0.39, 0.29) is 0 Å². The number of hydrogen-bond acceptors (Lipinski definition) is 4. The minimum absolute atomic E-state index is 0.503. The number of guanidine groups is 1. The first-order chi connectivity index (χ1) is 11.6. The number of methoxy groups -OCH3 is 2. The number of likely N-dealkylation sites (N-methyl/N-ethyl adjacent to an activating group) is 1. The minimum Gasteiger partial charge on any atom is -0.493 e. The summed E-state index contributed by atoms with van der Waals surface area (Å²) in [6.07, 6.45) is 2.00. The van der Waals surface area contributed by atoms with E-state index >= 15 is 0 Å². The zero-order valence-corrected chi connectivity index (χ0v) is 15.5. The molecular weight excluding hydrogens is 304 g/mol. The lowest BCUT2D eigenvalue weighted by Crippen LogP contribution is -2.34. The van der Waals surface area contributed by atoms with Gasteiger partial charge in [-0.05, 0) is 43.6 Å². The van der Waals surface area contributed by atoms with Crippen molar-refractivity contribution in [1.29, 1.82) is 0 Å². The van der Waals surface area contributed by atoms with Crippen molar-refractivity contribution in [3.05, 3.63) is 23.8 Å². The molecule has 0 amide bonds. The summed E-state index contributed by atoms with van der Waals surface area (Å²) in [5, 5.41) is 3.16. The largest absolute Gasteiger partial charge is 0.493 e. The third-order valence-electron chi connectivity index (χ3n) is 3.85. The molecule has 0 radical (unpaired) electrons. The maximum atomic E-state index is 5.92. The molecule has 0 fully saturated rings. The number of benzene rings is 1. The lowest BCUT2D eigenvalue weighted by molar-refractivity contribution is 0.297. The highest BCUT2D eigenvalue weighted by molar-refractivity contribution is 5.77. The van der Waals surface area contributed by atoms with Gasteiger partial charge in [-0.2, -0.15) is 0 Å². The highest BCUT2D eigenvalue weighted by Gasteiger charge is 2.04. The van der Waals surface area contributed by atoms with Gasteiger partial charge < -0.3 is 25.4 Å². The van der Waals surface area contributed by atoms with Crippen molar-refractivity contribution in [2.75, 3.05) is 46.9 Å². The zero-order chi connectivity index (χ0) is 17.8. The first kappa shape index (κ1) is 20.1. The summed E-state index contributed by atoms with van der Waals surface area (Å²) in [7, 11) is 3.28. The van der Waals surface area contributed by atoms with Crippen LogP contribution in [-0.4, -0.2) is 57.8 Å². The lowest BCUT2D eigenvalue weighted by atomic mass is 10.1. The fraction of sp³-hybridized carbons (Fsp3) is 0.611. The van der Waals surface area contributed by atoms with Gasteiger partial charge in [0.25, 0.3) is 0 Å². The number of ether oxygens (including phenoxy) is 2. The van der Waals surface area contributed by atoms with Crippen molar-refractivity contribution < 1.29 is 9.47 Å². The first-order valence-corrected chi connectivity index (χ1v) is 8.61. The summed E-state index contributed by atoms with van der Waals surface area (Å²) in [5.41, 5.74) is 7.08. The highest BCUT2D eigenvalue weighted by atomic mass is 16.5. The second kappa shape index (κ2) is 11.6. The Morgan fingerprint density at radius 3 is 2.54 bits per heavy atom. The van der Waals surface area contributed by atoms with Crippen LogP contribution in [0.5, 0.6) is 11.5 Å². The summed E-state index contributed by atoms with van der Waals surface area (Å²) in [4.78, 5) is 6.76. The monoisotopic (exact) mass is 336 g/mol. The van der Waals surface area contributed by atoms with Crippen LogP contribution in [0, 0.1) is 0 Å². The van der Waals surface area contributed by atoms with E-state index in [0.717, 1.165) is 62.6 Å². The van der Waals surface area contributed by atoms with Crippen LogP contribution in [-0.2, 0) is 6.42 Å². The van der Waals surface area contributed by atoms with Crippen molar-refractivity contribution in [1.82, 2.24) is 10.2 Å². The summed E-state index contributed by atoms with van der Waals surface area (Å²) >= 11 is 0. The van der Waals surface area contributed by atoms with Crippen LogP contribution in [0.1, 0.15) is 25.8 Å². The third-order valence-corrected chi connectivity index (χ3v) is 3.85. The molecule has 1 aromatic rings. The Morgan fingerprint density at radius 2 is 1.92 bits per heavy atom. The van der Waals surface area contributed by atoms with Gasteiger partial charge in [0.15, 0.2) is 17.5 Å². The van der Waals surface area contributed by atoms with Gasteiger partial charge in [-0.15, -0.1) is 0 Å². The molecule has 0 saturated carbocycles. The molecule has 6 heteroatoms. The Labute approximate surface area is 146 Å². The number of nitrogens with one attached hydrogen (secondary N) is 1. The zero-order valence-electron chi connectivity index (χ0n) is 15.5. The SMILES string of the molecule is CCCN(CC)CCN=C(N)NCCc1ccc(OC)c(OC)c1. The van der Waals surface area contributed by atoms with Crippen LogP contribution in [0.2, 0.25) is 0 Å². The van der Waals surface area contributed by atoms with Crippen molar-refractivity contribution in [3.63, 3.8) is 0 Å². The van der Waals surface area contributed by atoms with Crippen LogP contribution in [0.3, 0.4) is 0 Å². The Hall–Kier alpha value is -1.95. The predicted octanol–water partition coefficient (Wildman–Crippen LogP) is 1.88. The van der Waals surface area contributed by atoms with Gasteiger partial charge in [-0.25, -0.2) is 0 Å². The molecule has 24 heavy (non-hydrogen) atoms. The van der Waals surface area contributed by atoms with E-state index in [9.17, 15) is 0 Å². The normalized spacial score (nSPS) is 11.6. The van der Waals surface area contributed by atoms with Crippen LogP contribution in [0.4, 0.5) is 0 Å². The second-order valence-corrected chi connectivity index (χ2v) is 5.57. The topological polar surface area (TPSA) is 72.1 Å². The maximum Gasteiger partial charge on any atom is 0.188 e. The van der Waals surface area contributed by atoms with Crippen LogP contribution >= 0.6 is 0 Å². The number of rotatable bonds is 11. The van der Waals surface area contributed by atoms with Gasteiger partial charge in [-0.3, -0.25) is 4.99 Å². The van der Waals surface area contributed by atoms with Crippen LogP contribution in [0.15, 0.2) is 23.2 Å². The highest BCUT2D eigenvalue weighted by Crippen LogP contribution is 2.27. The van der Waals surface area contributed by atoms with E-state index in [0.29, 0.717) is 5.96 Å². The molecule has 0 heterocycles. The average molecular weight is 336 g/mol. The van der Waals surface area contributed by atoms with Crippen molar-refractivity contribution in [2.45, 2.75) is 26.7 Å². The molecule has 0 unspecified atom stereocenters. The molecule has 0 spiro atoms. The van der Waals surface area contributed by atoms with Gasteiger partial charge in [0.2, 0.25) is 0 Å². The Morgan fingerprint density at radius 1 is 1.17 bits per heavy atom. The number of hydrogen-bond donors (Lipinski definition) is 2. The molecule has 0 atom stereocenters. The molecule has 136 valence electrons. The molecule has 0 aliphatic rings. The molecular formula is C18H32N4O2. The number of nitrogens with zero attached hydrogens (tertiary/aromatic N) is 2. The number of nitrogens with two attached hydrogens (primary N) is 1. The van der Waals surface area contributed by atoms with Crippen LogP contribution < -0.4 is 20.5 Å². The smallest absolute Gasteiger partial charge is 0.188 e. The Balaban J connectivity index is 2.37. The van der Waals surface area contributed by atoms with E-state index in [1.165, 1.54) is 0 Å². The lowest BCUT2D eigenvalue weighted by Gasteiger charge is -2.18. The molecule has 0 aliphatic heterocycles. The molecule has 1 rings (SSSR count). The summed E-state index contributed by atoms with van der Waals surface area (Å²) in [5.74, 6) is 1.98. The van der Waals surface area contributed by atoms with Gasteiger partial charge >= 0.3 is 0 Å². The summed E-state index contributed by atoms with van der Waals surface area (Å²) in [6, 6.07) is 5.93. The Bertz CT molecular complexity index is 506. The summed E-state index contributed by atoms with van der Waals surface area (Å²) in [6.45, 7) is 8.93. The van der Waals surface area contributed by atoms with Gasteiger partial charge in [0.1, 0.15) is 0 Å². The Kier molecular flexibility index (Phi) is 9.68. The second-order valence-electron chi connectivity index (χ2n) is 5.57. The van der Waals surface area contributed by atoms with Crippen molar-refractivity contribution in [2.24, 2.45) is 10.7 Å². The van der Waals surface area contributed by atoms with E-state index in [2.05, 4.69) is 29.1 Å². The van der Waals surface area contributed by atoms with Crippen molar-refractivity contribution >= 4 is 5.96 Å². The quantitative estimate of drug-likeness (QED) is 0.477. The molecule has 0 saturated heterocycles. The fourth-order valence-electron chi connectivity index (χ4n) is 2.48. The molecule has 0 aliphatic carbocycles. The van der Waals surface area contributed by atoms with E-state index in [4.69, 9.17) is 15.2 Å². The predicted molar refractivity (Wildman–Crippen MR) is 100 cm³/mol. The van der Waals surface area contributed by atoms with E-state index in [1.807, 2.05) is 18.2 Å². The number of aliphatic imine (C=N–C) groups is 1. The van der Waals surface area contributed by atoms with E-state index < -0.39 is 0 Å². The third kappa shape index (κ3) is 7.08. The molecule has 1 aromatic carbocycles. The molecule has 3 N–H and O–H groups in total. The fourth-order valence-corrected chi connectivity index (χ4v) is 2.48. The van der Waals surface area contributed by atoms with Gasteiger partial charge in [0, 0.05) is 13.1 Å². The maximum absolute atomic E-state index is 5.92. The molecule has 0 bridgehead atoms. The average Bonchev–Trinajstić information content (AvgIpc) is 2.60. The molecule has 0 aromatic heterocycles. The first-order valence-electron chi connectivity index (χ1n) is 8.61. The molecule has 6 nitrogen and oxygen atoms in total.